The zero-order chi connectivity index (χ0) is 18.3. The van der Waals surface area contributed by atoms with Crippen molar-refractivity contribution in [2.75, 3.05) is 38.0 Å². The average molecular weight is 340 g/mol. The first-order valence-electron chi connectivity index (χ1n) is 8.96. The highest BCUT2D eigenvalue weighted by molar-refractivity contribution is 6.13. The molecular formula is C24H24N2. The van der Waals surface area contributed by atoms with Gasteiger partial charge in [-0.05, 0) is 33.2 Å². The van der Waals surface area contributed by atoms with Gasteiger partial charge in [-0.3, -0.25) is 0 Å². The third kappa shape index (κ3) is 2.59. The second-order valence-electron chi connectivity index (χ2n) is 7.16. The average Bonchev–Trinajstić information content (AvgIpc) is 2.65. The Kier molecular flexibility index (Phi) is 4.04. The van der Waals surface area contributed by atoms with Gasteiger partial charge in [0.05, 0.1) is 11.4 Å². The molecule has 0 amide bonds. The normalized spacial score (nSPS) is 11.1. The number of fused-ring (bicyclic) bond motifs is 2. The van der Waals surface area contributed by atoms with Crippen LogP contribution in [0.2, 0.25) is 0 Å². The first-order valence-corrected chi connectivity index (χ1v) is 8.96. The van der Waals surface area contributed by atoms with Gasteiger partial charge in [0.1, 0.15) is 0 Å². The lowest BCUT2D eigenvalue weighted by molar-refractivity contribution is 1.08. The van der Waals surface area contributed by atoms with Crippen molar-refractivity contribution in [3.05, 3.63) is 72.8 Å². The number of anilines is 2. The van der Waals surface area contributed by atoms with Crippen molar-refractivity contribution in [3.8, 4) is 11.1 Å². The van der Waals surface area contributed by atoms with E-state index in [4.69, 9.17) is 0 Å². The van der Waals surface area contributed by atoms with Gasteiger partial charge in [-0.2, -0.15) is 0 Å². The highest BCUT2D eigenvalue weighted by Gasteiger charge is 2.19. The van der Waals surface area contributed by atoms with Gasteiger partial charge in [0, 0.05) is 33.8 Å². The van der Waals surface area contributed by atoms with Crippen LogP contribution in [-0.4, -0.2) is 28.2 Å². The molecule has 4 rings (SSSR count). The molecule has 0 aromatic heterocycles. The summed E-state index contributed by atoms with van der Waals surface area (Å²) in [5.74, 6) is 0. The number of hydrogen-bond donors (Lipinski definition) is 0. The Morgan fingerprint density at radius 2 is 1.19 bits per heavy atom. The summed E-state index contributed by atoms with van der Waals surface area (Å²) in [7, 11) is 8.49. The fourth-order valence-electron chi connectivity index (χ4n) is 3.83. The predicted molar refractivity (Wildman–Crippen MR) is 116 cm³/mol. The van der Waals surface area contributed by atoms with E-state index in [1.807, 2.05) is 0 Å². The van der Waals surface area contributed by atoms with Gasteiger partial charge in [-0.25, -0.2) is 0 Å². The van der Waals surface area contributed by atoms with Crippen molar-refractivity contribution in [1.82, 2.24) is 0 Å². The largest absolute Gasteiger partial charge is 0.376 e. The molecule has 0 saturated heterocycles. The molecule has 0 heterocycles. The monoisotopic (exact) mass is 340 g/mol. The van der Waals surface area contributed by atoms with Gasteiger partial charge >= 0.3 is 0 Å². The third-order valence-electron chi connectivity index (χ3n) is 4.99. The molecule has 0 N–H and O–H groups in total. The third-order valence-corrected chi connectivity index (χ3v) is 4.99. The van der Waals surface area contributed by atoms with Crippen LogP contribution in [0.1, 0.15) is 0 Å². The number of rotatable bonds is 3. The van der Waals surface area contributed by atoms with Gasteiger partial charge in [0.25, 0.3) is 0 Å². The van der Waals surface area contributed by atoms with Crippen LogP contribution in [0.25, 0.3) is 32.7 Å². The SMILES string of the molecule is CN(C)c1cc2ccccc2c(-c2cccc3ccccc23)c1N(C)C. The molecule has 0 aliphatic rings. The minimum atomic E-state index is 1.23. The van der Waals surface area contributed by atoms with Crippen LogP contribution < -0.4 is 9.80 Å². The van der Waals surface area contributed by atoms with E-state index in [1.165, 1.54) is 44.0 Å². The number of nitrogens with zero attached hydrogens (tertiary/aromatic N) is 2. The predicted octanol–water partition coefficient (Wildman–Crippen LogP) is 5.79. The fourth-order valence-corrected chi connectivity index (χ4v) is 3.83. The smallest absolute Gasteiger partial charge is 0.0685 e. The molecule has 4 aromatic rings. The summed E-state index contributed by atoms with van der Waals surface area (Å²) < 4.78 is 0. The van der Waals surface area contributed by atoms with Crippen molar-refractivity contribution < 1.29 is 0 Å². The Morgan fingerprint density at radius 3 is 1.88 bits per heavy atom. The number of benzene rings is 4. The molecule has 0 fully saturated rings. The standard InChI is InChI=1S/C24H24N2/c1-25(2)22-16-18-11-6-8-14-20(18)23(24(22)26(3)4)21-15-9-12-17-10-5-7-13-19(17)21/h5-16H,1-4H3. The van der Waals surface area contributed by atoms with Gasteiger partial charge in [-0.1, -0.05) is 66.7 Å². The van der Waals surface area contributed by atoms with Crippen LogP contribution in [-0.2, 0) is 0 Å². The molecule has 2 nitrogen and oxygen atoms in total. The lowest BCUT2D eigenvalue weighted by Gasteiger charge is -2.28. The molecule has 130 valence electrons. The Bertz CT molecular complexity index is 1090. The second-order valence-corrected chi connectivity index (χ2v) is 7.16. The maximum absolute atomic E-state index is 2.29. The Balaban J connectivity index is 2.22. The summed E-state index contributed by atoms with van der Waals surface area (Å²) >= 11 is 0. The summed E-state index contributed by atoms with van der Waals surface area (Å²) in [4.78, 5) is 4.44. The van der Waals surface area contributed by atoms with Crippen LogP contribution in [0.15, 0.2) is 72.8 Å². The van der Waals surface area contributed by atoms with Crippen molar-refractivity contribution in [2.24, 2.45) is 0 Å². The lowest BCUT2D eigenvalue weighted by atomic mass is 9.91. The molecule has 0 radical (unpaired) electrons. The maximum atomic E-state index is 2.29. The van der Waals surface area contributed by atoms with E-state index in [0.29, 0.717) is 0 Å². The Hall–Kier alpha value is -3.00. The van der Waals surface area contributed by atoms with Crippen molar-refractivity contribution in [1.29, 1.82) is 0 Å². The van der Waals surface area contributed by atoms with E-state index < -0.39 is 0 Å². The minimum Gasteiger partial charge on any atom is -0.376 e. The fraction of sp³-hybridized carbons (Fsp3) is 0.167. The van der Waals surface area contributed by atoms with Gasteiger partial charge in [0.15, 0.2) is 0 Å². The van der Waals surface area contributed by atoms with Gasteiger partial charge in [-0.15, -0.1) is 0 Å². The highest BCUT2D eigenvalue weighted by atomic mass is 15.1. The highest BCUT2D eigenvalue weighted by Crippen LogP contribution is 2.45. The van der Waals surface area contributed by atoms with E-state index in [1.54, 1.807) is 0 Å². The second kappa shape index (κ2) is 6.38. The zero-order valence-corrected chi connectivity index (χ0v) is 15.8. The Morgan fingerprint density at radius 1 is 0.577 bits per heavy atom. The van der Waals surface area contributed by atoms with Crippen LogP contribution in [0.5, 0.6) is 0 Å². The molecule has 2 heteroatoms. The summed E-state index contributed by atoms with van der Waals surface area (Å²) in [6, 6.07) is 26.2. The van der Waals surface area contributed by atoms with Crippen molar-refractivity contribution in [2.45, 2.75) is 0 Å². The summed E-state index contributed by atoms with van der Waals surface area (Å²) in [5.41, 5.74) is 5.07. The summed E-state index contributed by atoms with van der Waals surface area (Å²) in [5, 5.41) is 5.12. The molecule has 0 bridgehead atoms. The first kappa shape index (κ1) is 16.5. The summed E-state index contributed by atoms with van der Waals surface area (Å²) in [6.45, 7) is 0. The quantitative estimate of drug-likeness (QED) is 0.465. The topological polar surface area (TPSA) is 6.48 Å². The Labute approximate surface area is 155 Å². The molecule has 4 aromatic carbocycles. The van der Waals surface area contributed by atoms with E-state index in [2.05, 4.69) is 111 Å². The molecule has 0 atom stereocenters. The van der Waals surface area contributed by atoms with Crippen molar-refractivity contribution >= 4 is 32.9 Å². The molecule has 0 aliphatic carbocycles. The van der Waals surface area contributed by atoms with E-state index >= 15 is 0 Å². The molecule has 0 aliphatic heterocycles. The van der Waals surface area contributed by atoms with Gasteiger partial charge in [0.2, 0.25) is 0 Å². The zero-order valence-electron chi connectivity index (χ0n) is 15.8. The number of hydrogen-bond acceptors (Lipinski definition) is 2. The first-order chi connectivity index (χ1) is 12.6. The molecule has 0 unspecified atom stereocenters. The van der Waals surface area contributed by atoms with E-state index in [9.17, 15) is 0 Å². The van der Waals surface area contributed by atoms with E-state index in [-0.39, 0.29) is 0 Å². The maximum Gasteiger partial charge on any atom is 0.0685 e. The van der Waals surface area contributed by atoms with Gasteiger partial charge < -0.3 is 9.80 Å². The van der Waals surface area contributed by atoms with Crippen LogP contribution in [0, 0.1) is 0 Å². The molecule has 0 spiro atoms. The van der Waals surface area contributed by atoms with Crippen LogP contribution >= 0.6 is 0 Å². The molecule has 26 heavy (non-hydrogen) atoms. The summed E-state index contributed by atoms with van der Waals surface area (Å²) in [6.07, 6.45) is 0. The van der Waals surface area contributed by atoms with Crippen LogP contribution in [0.4, 0.5) is 11.4 Å². The molecular weight excluding hydrogens is 316 g/mol. The van der Waals surface area contributed by atoms with E-state index in [0.717, 1.165) is 0 Å². The van der Waals surface area contributed by atoms with Crippen LogP contribution in [0.3, 0.4) is 0 Å². The van der Waals surface area contributed by atoms with Crippen molar-refractivity contribution in [3.63, 3.8) is 0 Å². The minimum absolute atomic E-state index is 1.23. The lowest BCUT2D eigenvalue weighted by Crippen LogP contribution is -2.18. The molecule has 0 saturated carbocycles.